The quantitative estimate of drug-likeness (QED) is 0.386. The monoisotopic (exact) mass is 347 g/mol. The van der Waals surface area contributed by atoms with Crippen LogP contribution in [-0.4, -0.2) is 24.3 Å². The molecule has 0 saturated carbocycles. The third kappa shape index (κ3) is 5.43. The summed E-state index contributed by atoms with van der Waals surface area (Å²) in [6.07, 6.45) is 3.36. The second-order valence-corrected chi connectivity index (χ2v) is 5.75. The first-order valence-corrected chi connectivity index (χ1v) is 8.23. The maximum Gasteiger partial charge on any atom is 0.329 e. The van der Waals surface area contributed by atoms with Gasteiger partial charge in [-0.15, -0.1) is 11.8 Å². The second kappa shape index (κ2) is 8.36. The molecule has 0 atom stereocenters. The summed E-state index contributed by atoms with van der Waals surface area (Å²) >= 11 is 7.31. The number of nitrogens with zero attached hydrogens (tertiary/aromatic N) is 1. The number of carbonyl (C=O) groups excluding carboxylic acids is 2. The van der Waals surface area contributed by atoms with Gasteiger partial charge in [-0.3, -0.25) is 9.59 Å². The largest absolute Gasteiger partial charge is 0.329 e. The third-order valence-electron chi connectivity index (χ3n) is 2.78. The van der Waals surface area contributed by atoms with Gasteiger partial charge in [0, 0.05) is 15.6 Å². The van der Waals surface area contributed by atoms with E-state index < -0.39 is 11.8 Å². The van der Waals surface area contributed by atoms with E-state index in [1.807, 2.05) is 12.3 Å². The molecule has 5 nitrogen and oxygen atoms in total. The van der Waals surface area contributed by atoms with Crippen LogP contribution in [-0.2, 0) is 9.59 Å². The molecule has 0 fully saturated rings. The van der Waals surface area contributed by atoms with Gasteiger partial charge in [0.25, 0.3) is 0 Å². The molecular weight excluding hydrogens is 334 g/mol. The van der Waals surface area contributed by atoms with Crippen LogP contribution in [0.5, 0.6) is 0 Å². The Labute approximate surface area is 143 Å². The van der Waals surface area contributed by atoms with Crippen molar-refractivity contribution in [2.24, 2.45) is 5.10 Å². The zero-order chi connectivity index (χ0) is 16.7. The van der Waals surface area contributed by atoms with E-state index in [-0.39, 0.29) is 0 Å². The molecule has 0 spiro atoms. The second-order valence-electron chi connectivity index (χ2n) is 4.44. The van der Waals surface area contributed by atoms with Crippen LogP contribution in [0.2, 0.25) is 5.02 Å². The average molecular weight is 348 g/mol. The first-order valence-electron chi connectivity index (χ1n) is 6.62. The van der Waals surface area contributed by atoms with Crippen LogP contribution in [0.1, 0.15) is 5.56 Å². The molecule has 0 heterocycles. The van der Waals surface area contributed by atoms with Crippen molar-refractivity contribution in [2.45, 2.75) is 4.90 Å². The van der Waals surface area contributed by atoms with E-state index in [0.29, 0.717) is 10.7 Å². The fraction of sp³-hybridized carbons (Fsp3) is 0.0625. The molecule has 0 aliphatic rings. The Bertz CT molecular complexity index is 732. The van der Waals surface area contributed by atoms with Crippen LogP contribution in [0.15, 0.2) is 58.5 Å². The minimum absolute atomic E-state index is 0.554. The Kier molecular flexibility index (Phi) is 6.19. The fourth-order valence-electron chi connectivity index (χ4n) is 1.65. The van der Waals surface area contributed by atoms with E-state index in [2.05, 4.69) is 15.8 Å². The number of thioether (sulfide) groups is 1. The highest BCUT2D eigenvalue weighted by Gasteiger charge is 2.12. The zero-order valence-corrected chi connectivity index (χ0v) is 13.8. The lowest BCUT2D eigenvalue weighted by Gasteiger charge is -2.05. The van der Waals surface area contributed by atoms with Crippen molar-refractivity contribution in [1.82, 2.24) is 5.43 Å². The Morgan fingerprint density at radius 3 is 2.57 bits per heavy atom. The summed E-state index contributed by atoms with van der Waals surface area (Å²) in [4.78, 5) is 24.5. The summed E-state index contributed by atoms with van der Waals surface area (Å²) in [6.45, 7) is 0. The third-order valence-corrected chi connectivity index (χ3v) is 3.76. The summed E-state index contributed by atoms with van der Waals surface area (Å²) in [5.41, 5.74) is 3.48. The Hall–Kier alpha value is -2.31. The van der Waals surface area contributed by atoms with Gasteiger partial charge in [0.1, 0.15) is 0 Å². The molecule has 2 rings (SSSR count). The number of hydrazone groups is 1. The number of amides is 2. The van der Waals surface area contributed by atoms with E-state index in [1.54, 1.807) is 54.2 Å². The number of nitrogens with one attached hydrogen (secondary N) is 2. The van der Waals surface area contributed by atoms with Crippen molar-refractivity contribution < 1.29 is 9.59 Å². The predicted molar refractivity (Wildman–Crippen MR) is 94.0 cm³/mol. The number of carbonyl (C=O) groups is 2. The number of hydrogen-bond acceptors (Lipinski definition) is 4. The van der Waals surface area contributed by atoms with Gasteiger partial charge >= 0.3 is 11.8 Å². The molecule has 2 aromatic carbocycles. The number of anilines is 1. The van der Waals surface area contributed by atoms with Gasteiger partial charge in [0.15, 0.2) is 0 Å². The van der Waals surface area contributed by atoms with Crippen LogP contribution in [0.4, 0.5) is 5.69 Å². The van der Waals surface area contributed by atoms with Gasteiger partial charge in [0.2, 0.25) is 0 Å². The Morgan fingerprint density at radius 1 is 1.13 bits per heavy atom. The highest BCUT2D eigenvalue weighted by atomic mass is 35.5. The summed E-state index contributed by atoms with van der Waals surface area (Å²) < 4.78 is 0. The Balaban J connectivity index is 1.89. The van der Waals surface area contributed by atoms with Gasteiger partial charge in [-0.2, -0.15) is 5.10 Å². The summed E-state index contributed by atoms with van der Waals surface area (Å²) in [7, 11) is 0. The highest BCUT2D eigenvalue weighted by Crippen LogP contribution is 2.18. The first-order chi connectivity index (χ1) is 11.1. The van der Waals surface area contributed by atoms with Crippen LogP contribution in [0.3, 0.4) is 0 Å². The van der Waals surface area contributed by atoms with Gasteiger partial charge in [0.05, 0.1) is 6.21 Å². The zero-order valence-electron chi connectivity index (χ0n) is 12.2. The smallest absolute Gasteiger partial charge is 0.318 e. The van der Waals surface area contributed by atoms with E-state index in [4.69, 9.17) is 11.6 Å². The average Bonchev–Trinajstić information content (AvgIpc) is 2.56. The summed E-state index contributed by atoms with van der Waals surface area (Å²) in [5.74, 6) is -1.62. The summed E-state index contributed by atoms with van der Waals surface area (Å²) in [6, 6.07) is 14.1. The predicted octanol–water partition coefficient (Wildman–Crippen LogP) is 3.15. The topological polar surface area (TPSA) is 70.6 Å². The molecule has 2 aromatic rings. The fourth-order valence-corrected chi connectivity index (χ4v) is 2.24. The van der Waals surface area contributed by atoms with Crippen molar-refractivity contribution in [3.05, 3.63) is 59.1 Å². The molecule has 2 amide bonds. The van der Waals surface area contributed by atoms with Crippen molar-refractivity contribution in [1.29, 1.82) is 0 Å². The molecule has 7 heteroatoms. The molecule has 0 aliphatic carbocycles. The van der Waals surface area contributed by atoms with Crippen molar-refractivity contribution in [3.8, 4) is 0 Å². The van der Waals surface area contributed by atoms with Crippen molar-refractivity contribution in [2.75, 3.05) is 11.6 Å². The minimum atomic E-state index is -0.843. The van der Waals surface area contributed by atoms with Gasteiger partial charge in [-0.1, -0.05) is 29.8 Å². The molecule has 0 unspecified atom stereocenters. The van der Waals surface area contributed by atoms with E-state index >= 15 is 0 Å². The molecule has 0 aromatic heterocycles. The lowest BCUT2D eigenvalue weighted by atomic mass is 10.2. The highest BCUT2D eigenvalue weighted by molar-refractivity contribution is 7.98. The van der Waals surface area contributed by atoms with Crippen LogP contribution < -0.4 is 10.7 Å². The SMILES string of the molecule is CSc1cccc(NC(=O)C(=O)N/N=C/c2ccc(Cl)cc2)c1. The lowest BCUT2D eigenvalue weighted by Crippen LogP contribution is -2.32. The van der Waals surface area contributed by atoms with Crippen molar-refractivity contribution >= 4 is 47.1 Å². The molecule has 0 bridgehead atoms. The number of halogens is 1. The maximum absolute atomic E-state index is 11.8. The molecule has 118 valence electrons. The number of hydrogen-bond donors (Lipinski definition) is 2. The summed E-state index contributed by atoms with van der Waals surface area (Å²) in [5, 5.41) is 6.86. The number of benzene rings is 2. The molecule has 2 N–H and O–H groups in total. The normalized spacial score (nSPS) is 10.5. The van der Waals surface area contributed by atoms with Gasteiger partial charge in [-0.05, 0) is 42.2 Å². The van der Waals surface area contributed by atoms with Gasteiger partial charge in [-0.25, -0.2) is 5.43 Å². The van der Waals surface area contributed by atoms with Gasteiger partial charge < -0.3 is 5.32 Å². The van der Waals surface area contributed by atoms with Crippen molar-refractivity contribution in [3.63, 3.8) is 0 Å². The molecule has 23 heavy (non-hydrogen) atoms. The van der Waals surface area contributed by atoms with Crippen LogP contribution >= 0.6 is 23.4 Å². The maximum atomic E-state index is 11.8. The lowest BCUT2D eigenvalue weighted by molar-refractivity contribution is -0.136. The standard InChI is InChI=1S/C16H14ClN3O2S/c1-23-14-4-2-3-13(9-14)19-15(21)16(22)20-18-10-11-5-7-12(17)8-6-11/h2-10H,1H3,(H,19,21)(H,20,22)/b18-10+. The molecular formula is C16H14ClN3O2S. The number of rotatable bonds is 4. The Morgan fingerprint density at radius 2 is 1.87 bits per heavy atom. The van der Waals surface area contributed by atoms with E-state index in [1.165, 1.54) is 6.21 Å². The van der Waals surface area contributed by atoms with Crippen LogP contribution in [0, 0.1) is 0 Å². The molecule has 0 saturated heterocycles. The molecule has 0 aliphatic heterocycles. The first kappa shape index (κ1) is 17.1. The van der Waals surface area contributed by atoms with E-state index in [9.17, 15) is 9.59 Å². The van der Waals surface area contributed by atoms with Crippen LogP contribution in [0.25, 0.3) is 0 Å². The minimum Gasteiger partial charge on any atom is -0.318 e. The van der Waals surface area contributed by atoms with E-state index in [0.717, 1.165) is 10.5 Å². The molecule has 0 radical (unpaired) electrons.